The van der Waals surface area contributed by atoms with Crippen molar-refractivity contribution in [3.05, 3.63) is 20.7 Å². The van der Waals surface area contributed by atoms with Gasteiger partial charge in [0.05, 0.1) is 5.69 Å². The molecule has 0 saturated heterocycles. The number of nitrogens with zero attached hydrogens (tertiary/aromatic N) is 2. The first-order valence-electron chi connectivity index (χ1n) is 4.77. The van der Waals surface area contributed by atoms with Gasteiger partial charge in [0.15, 0.2) is 0 Å². The molecule has 1 rings (SSSR count). The normalized spacial score (nSPS) is 9.00. The van der Waals surface area contributed by atoms with E-state index in [0.717, 1.165) is 10.6 Å². The van der Waals surface area contributed by atoms with Gasteiger partial charge in [-0.25, -0.2) is 10.5 Å². The topological polar surface area (TPSA) is 97.5 Å². The first-order valence-corrected chi connectivity index (χ1v) is 5.59. The third-order valence-corrected chi connectivity index (χ3v) is 2.64. The molecule has 0 fully saturated rings. The third-order valence-electron chi connectivity index (χ3n) is 1.51. The zero-order valence-electron chi connectivity index (χ0n) is 9.39. The van der Waals surface area contributed by atoms with Gasteiger partial charge in [-0.1, -0.05) is 25.2 Å². The number of anilines is 1. The molecule has 0 bridgehead atoms. The third kappa shape index (κ3) is 4.89. The lowest BCUT2D eigenvalue weighted by atomic mass is 10.3. The second kappa shape index (κ2) is 7.83. The fraction of sp³-hybridized carbons (Fsp3) is 0.625. The molecule has 8 heteroatoms. The monoisotopic (exact) mass is 249 g/mol. The molecule has 1 aromatic heterocycles. The number of aromatic nitrogens is 1. The van der Waals surface area contributed by atoms with Crippen molar-refractivity contribution in [2.45, 2.75) is 27.2 Å². The van der Waals surface area contributed by atoms with E-state index in [9.17, 15) is 10.1 Å². The summed E-state index contributed by atoms with van der Waals surface area (Å²) < 4.78 is 0. The summed E-state index contributed by atoms with van der Waals surface area (Å²) in [4.78, 5) is 18.8. The Morgan fingerprint density at radius 1 is 1.62 bits per heavy atom. The van der Waals surface area contributed by atoms with E-state index in [1.54, 1.807) is 6.92 Å². The van der Waals surface area contributed by atoms with E-state index in [1.165, 1.54) is 11.3 Å². The van der Waals surface area contributed by atoms with Crippen LogP contribution in [0.2, 0.25) is 0 Å². The quantitative estimate of drug-likeness (QED) is 0.612. The fourth-order valence-electron chi connectivity index (χ4n) is 0.921. The predicted octanol–water partition coefficient (Wildman–Crippen LogP) is 2.03. The Bertz CT molecular complexity index is 329. The number of thiazole rings is 1. The van der Waals surface area contributed by atoms with Crippen LogP contribution < -0.4 is 5.48 Å². The summed E-state index contributed by atoms with van der Waals surface area (Å²) in [7, 11) is 0. The van der Waals surface area contributed by atoms with Crippen LogP contribution in [0.25, 0.3) is 0 Å². The molecular weight excluding hydrogens is 234 g/mol. The second-order valence-electron chi connectivity index (χ2n) is 2.45. The van der Waals surface area contributed by atoms with Gasteiger partial charge in [-0.05, 0) is 6.92 Å². The van der Waals surface area contributed by atoms with Crippen LogP contribution in [0.4, 0.5) is 5.13 Å². The van der Waals surface area contributed by atoms with Crippen LogP contribution in [-0.4, -0.2) is 21.9 Å². The van der Waals surface area contributed by atoms with Gasteiger partial charge < -0.3 is 4.84 Å². The average Bonchev–Trinajstić information content (AvgIpc) is 2.62. The van der Waals surface area contributed by atoms with Crippen molar-refractivity contribution in [2.75, 3.05) is 12.1 Å². The van der Waals surface area contributed by atoms with Crippen LogP contribution in [-0.2, 0) is 11.3 Å². The average molecular weight is 249 g/mol. The highest BCUT2D eigenvalue weighted by Gasteiger charge is 2.07. The van der Waals surface area contributed by atoms with Gasteiger partial charge in [-0.15, -0.1) is 10.1 Å². The summed E-state index contributed by atoms with van der Waals surface area (Å²) in [6.45, 7) is 5.76. The van der Waals surface area contributed by atoms with Crippen LogP contribution in [0, 0.1) is 17.0 Å². The zero-order chi connectivity index (χ0) is 12.6. The molecule has 16 heavy (non-hydrogen) atoms. The van der Waals surface area contributed by atoms with Gasteiger partial charge in [0, 0.05) is 11.3 Å². The number of aryl methyl sites for hydroxylation is 1. The van der Waals surface area contributed by atoms with E-state index in [0.29, 0.717) is 11.6 Å². The Labute approximate surface area is 97.1 Å². The molecule has 0 aliphatic carbocycles. The maximum Gasteiger partial charge on any atom is 0.294 e. The molecule has 0 unspecified atom stereocenters. The van der Waals surface area contributed by atoms with Gasteiger partial charge in [-0.2, -0.15) is 0 Å². The molecule has 1 heterocycles. The van der Waals surface area contributed by atoms with E-state index in [1.807, 2.05) is 19.3 Å². The molecule has 7 nitrogen and oxygen atoms in total. The maximum atomic E-state index is 9.85. The van der Waals surface area contributed by atoms with Crippen LogP contribution >= 0.6 is 11.3 Å². The van der Waals surface area contributed by atoms with Crippen LogP contribution in [0.3, 0.4) is 0 Å². The number of nitrogens with one attached hydrogen (secondary N) is 1. The first kappa shape index (κ1) is 14.6. The Hall–Kier alpha value is -1.41. The number of hydrogen-bond acceptors (Lipinski definition) is 7. The van der Waals surface area contributed by atoms with E-state index >= 15 is 0 Å². The van der Waals surface area contributed by atoms with Gasteiger partial charge >= 0.3 is 0 Å². The molecular formula is C8H15N3O4S. The summed E-state index contributed by atoms with van der Waals surface area (Å²) in [6.07, 6.45) is 0.409. The molecule has 0 amide bonds. The number of rotatable bonds is 5. The smallest absolute Gasteiger partial charge is 0.294 e. The van der Waals surface area contributed by atoms with E-state index in [2.05, 4.69) is 9.82 Å². The molecule has 92 valence electrons. The lowest BCUT2D eigenvalue weighted by molar-refractivity contribution is -0.757. The van der Waals surface area contributed by atoms with Crippen molar-refractivity contribution < 1.29 is 15.1 Å². The lowest BCUT2D eigenvalue weighted by Crippen LogP contribution is -2.04. The van der Waals surface area contributed by atoms with E-state index in [-0.39, 0.29) is 6.61 Å². The minimum atomic E-state index is -0.832. The van der Waals surface area contributed by atoms with Crippen molar-refractivity contribution in [1.82, 2.24) is 4.98 Å². The van der Waals surface area contributed by atoms with E-state index < -0.39 is 5.09 Å². The summed E-state index contributed by atoms with van der Waals surface area (Å²) in [5.41, 5.74) is 2.65. The van der Waals surface area contributed by atoms with E-state index in [4.69, 9.17) is 5.21 Å². The molecule has 0 aromatic carbocycles. The Kier molecular flexibility index (Phi) is 7.14. The van der Waals surface area contributed by atoms with Gasteiger partial charge in [-0.3, -0.25) is 5.21 Å². The molecule has 0 saturated carbocycles. The highest BCUT2D eigenvalue weighted by Crippen LogP contribution is 2.22. The molecule has 0 spiro atoms. The summed E-state index contributed by atoms with van der Waals surface area (Å²) >= 11 is 1.24. The van der Waals surface area contributed by atoms with Crippen LogP contribution in [0.5, 0.6) is 0 Å². The predicted molar refractivity (Wildman–Crippen MR) is 60.3 cm³/mol. The Balaban J connectivity index is 0.00000106. The second-order valence-corrected chi connectivity index (χ2v) is 3.53. The fourth-order valence-corrected chi connectivity index (χ4v) is 1.76. The maximum absolute atomic E-state index is 9.85. The van der Waals surface area contributed by atoms with Crippen LogP contribution in [0.15, 0.2) is 0 Å². The summed E-state index contributed by atoms with van der Waals surface area (Å²) in [5, 5.41) is 17.9. The zero-order valence-corrected chi connectivity index (χ0v) is 10.2. The minimum absolute atomic E-state index is 0.000895. The molecule has 1 aromatic rings. The molecule has 0 aliphatic heterocycles. The largest absolute Gasteiger partial charge is 0.314 e. The van der Waals surface area contributed by atoms with Gasteiger partial charge in [0.2, 0.25) is 5.13 Å². The van der Waals surface area contributed by atoms with Gasteiger partial charge in [0.1, 0.15) is 6.61 Å². The minimum Gasteiger partial charge on any atom is -0.314 e. The number of hydrogen-bond donors (Lipinski definition) is 2. The molecule has 0 radical (unpaired) electrons. The van der Waals surface area contributed by atoms with Crippen molar-refractivity contribution >= 4 is 16.5 Å². The Morgan fingerprint density at radius 2 is 2.25 bits per heavy atom. The highest BCUT2D eigenvalue weighted by atomic mass is 32.1. The van der Waals surface area contributed by atoms with Crippen molar-refractivity contribution in [2.24, 2.45) is 0 Å². The lowest BCUT2D eigenvalue weighted by Gasteiger charge is -1.96. The van der Waals surface area contributed by atoms with Crippen molar-refractivity contribution in [3.63, 3.8) is 0 Å². The van der Waals surface area contributed by atoms with Crippen molar-refractivity contribution in [3.8, 4) is 0 Å². The SMILES string of the molecule is CC.Cc1nc(NO)sc1CCO[N+](=O)[O-]. The Morgan fingerprint density at radius 3 is 2.69 bits per heavy atom. The highest BCUT2D eigenvalue weighted by molar-refractivity contribution is 7.15. The van der Waals surface area contributed by atoms with Crippen LogP contribution in [0.1, 0.15) is 24.4 Å². The molecule has 0 atom stereocenters. The molecule has 2 N–H and O–H groups in total. The summed E-state index contributed by atoms with van der Waals surface area (Å²) in [5.74, 6) is 0. The molecule has 0 aliphatic rings. The standard InChI is InChI=1S/C6H9N3O4S.C2H6/c1-4-5(2-3-13-9(11)12)14-6(7-4)8-10;1-2/h10H,2-3H2,1H3,(H,7,8);1-2H3. The first-order chi connectivity index (χ1) is 7.63. The van der Waals surface area contributed by atoms with Gasteiger partial charge in [0.25, 0.3) is 5.09 Å². The van der Waals surface area contributed by atoms with Crippen molar-refractivity contribution in [1.29, 1.82) is 0 Å². The summed E-state index contributed by atoms with van der Waals surface area (Å²) in [6, 6.07) is 0.